The van der Waals surface area contributed by atoms with E-state index in [0.29, 0.717) is 0 Å². The average Bonchev–Trinajstić information content (AvgIpc) is 1.89. The van der Waals surface area contributed by atoms with Crippen LogP contribution in [-0.4, -0.2) is 4.98 Å². The van der Waals surface area contributed by atoms with Crippen LogP contribution in [0.2, 0.25) is 0 Å². The molecule has 0 aliphatic heterocycles. The smallest absolute Gasteiger partial charge is 0.114 e. The van der Waals surface area contributed by atoms with E-state index in [4.69, 9.17) is 10.7 Å². The second-order valence-corrected chi connectivity index (χ2v) is 2.71. The second kappa shape index (κ2) is 3.08. The molecule has 0 aromatic carbocycles. The van der Waals surface area contributed by atoms with Crippen LogP contribution in [0.5, 0.6) is 0 Å². The Labute approximate surface area is 62.9 Å². The molecule has 0 atom stereocenters. The van der Waals surface area contributed by atoms with Crippen LogP contribution in [0, 0.1) is 6.92 Å². The summed E-state index contributed by atoms with van der Waals surface area (Å²) in [5, 5.41) is 0.888. The molecular weight excluding hydrogens is 154 g/mol. The fourth-order valence-electron chi connectivity index (χ4n) is 0.552. The summed E-state index contributed by atoms with van der Waals surface area (Å²) in [5.41, 5.74) is 1.12. The van der Waals surface area contributed by atoms with E-state index in [1.54, 1.807) is 6.20 Å². The normalized spacial score (nSPS) is 9.56. The Hall–Kier alpha value is -0.210. The van der Waals surface area contributed by atoms with Crippen LogP contribution in [0.15, 0.2) is 23.4 Å². The van der Waals surface area contributed by atoms with Gasteiger partial charge in [0.25, 0.3) is 0 Å². The molecule has 0 aliphatic rings. The van der Waals surface area contributed by atoms with Gasteiger partial charge in [-0.2, -0.15) is 0 Å². The highest BCUT2D eigenvalue weighted by atomic mass is 35.7. The van der Waals surface area contributed by atoms with Crippen LogP contribution >= 0.6 is 21.7 Å². The van der Waals surface area contributed by atoms with E-state index in [9.17, 15) is 0 Å². The number of rotatable bonds is 1. The molecule has 1 heterocycles. The minimum atomic E-state index is 0.888. The molecule has 0 unspecified atom stereocenters. The van der Waals surface area contributed by atoms with Crippen LogP contribution in [0.3, 0.4) is 0 Å². The number of pyridine rings is 1. The van der Waals surface area contributed by atoms with Gasteiger partial charge in [-0.3, -0.25) is 0 Å². The van der Waals surface area contributed by atoms with E-state index in [2.05, 4.69) is 4.98 Å². The predicted octanol–water partition coefficient (Wildman–Crippen LogP) is 2.64. The monoisotopic (exact) mass is 159 g/mol. The highest BCUT2D eigenvalue weighted by Crippen LogP contribution is 2.21. The molecule has 3 heteroatoms. The fraction of sp³-hybridized carbons (Fsp3) is 0.167. The molecule has 1 nitrogen and oxygen atoms in total. The Morgan fingerprint density at radius 1 is 1.67 bits per heavy atom. The zero-order valence-corrected chi connectivity index (χ0v) is 6.54. The third-order valence-electron chi connectivity index (χ3n) is 1.03. The molecule has 0 N–H and O–H groups in total. The van der Waals surface area contributed by atoms with Crippen molar-refractivity contribution in [1.29, 1.82) is 0 Å². The van der Waals surface area contributed by atoms with Gasteiger partial charge < -0.3 is 0 Å². The van der Waals surface area contributed by atoms with Crippen molar-refractivity contribution in [3.8, 4) is 0 Å². The Balaban J connectivity index is 3.01. The first-order chi connectivity index (χ1) is 4.34. The van der Waals surface area contributed by atoms with E-state index in [1.807, 2.05) is 19.1 Å². The molecule has 48 valence electrons. The van der Waals surface area contributed by atoms with Gasteiger partial charge in [0.15, 0.2) is 0 Å². The summed E-state index contributed by atoms with van der Waals surface area (Å²) in [6.45, 7) is 1.98. The lowest BCUT2D eigenvalue weighted by molar-refractivity contribution is 1.09. The average molecular weight is 160 g/mol. The highest BCUT2D eigenvalue weighted by molar-refractivity contribution is 8.21. The quantitative estimate of drug-likeness (QED) is 0.625. The summed E-state index contributed by atoms with van der Waals surface area (Å²) in [5.74, 6) is 0. The second-order valence-electron chi connectivity index (χ2n) is 1.70. The minimum absolute atomic E-state index is 0.888. The van der Waals surface area contributed by atoms with Gasteiger partial charge in [0, 0.05) is 17.2 Å². The molecule has 0 spiro atoms. The molecule has 0 aliphatic carbocycles. The standard InChI is InChI=1S/C6H6ClNS/c1-5-3-2-4-8-6(5)9-7/h2-4H,1H3. The summed E-state index contributed by atoms with van der Waals surface area (Å²) in [7, 11) is 6.64. The number of aromatic nitrogens is 1. The van der Waals surface area contributed by atoms with Gasteiger partial charge >= 0.3 is 0 Å². The lowest BCUT2D eigenvalue weighted by Crippen LogP contribution is -1.79. The highest BCUT2D eigenvalue weighted by Gasteiger charge is 1.94. The molecule has 0 saturated heterocycles. The Morgan fingerprint density at radius 2 is 2.44 bits per heavy atom. The predicted molar refractivity (Wildman–Crippen MR) is 40.7 cm³/mol. The maximum atomic E-state index is 5.49. The zero-order valence-electron chi connectivity index (χ0n) is 4.97. The molecule has 1 aromatic heterocycles. The van der Waals surface area contributed by atoms with Gasteiger partial charge in [-0.25, -0.2) is 4.98 Å². The van der Waals surface area contributed by atoms with Gasteiger partial charge in [-0.05, 0) is 29.2 Å². The Kier molecular flexibility index (Phi) is 2.37. The molecule has 0 fully saturated rings. The molecular formula is C6H6ClNS. The summed E-state index contributed by atoms with van der Waals surface area (Å²) < 4.78 is 0. The summed E-state index contributed by atoms with van der Waals surface area (Å²) in [6.07, 6.45) is 1.73. The van der Waals surface area contributed by atoms with Crippen molar-refractivity contribution in [1.82, 2.24) is 4.98 Å². The molecule has 0 radical (unpaired) electrons. The van der Waals surface area contributed by atoms with Crippen molar-refractivity contribution in [2.75, 3.05) is 0 Å². The SMILES string of the molecule is Cc1cccnc1SCl. The number of hydrogen-bond acceptors (Lipinski definition) is 2. The number of hydrogen-bond donors (Lipinski definition) is 0. The van der Waals surface area contributed by atoms with E-state index in [1.165, 1.54) is 0 Å². The van der Waals surface area contributed by atoms with Crippen LogP contribution in [0.1, 0.15) is 5.56 Å². The van der Waals surface area contributed by atoms with Gasteiger partial charge in [0.05, 0.1) is 0 Å². The molecule has 0 saturated carbocycles. The Bertz CT molecular complexity index is 202. The third kappa shape index (κ3) is 1.60. The van der Waals surface area contributed by atoms with Gasteiger partial charge in [0.1, 0.15) is 5.03 Å². The first-order valence-electron chi connectivity index (χ1n) is 2.55. The largest absolute Gasteiger partial charge is 0.248 e. The first kappa shape index (κ1) is 6.90. The van der Waals surface area contributed by atoms with Crippen molar-refractivity contribution in [3.63, 3.8) is 0 Å². The van der Waals surface area contributed by atoms with E-state index >= 15 is 0 Å². The third-order valence-corrected chi connectivity index (χ3v) is 2.05. The summed E-state index contributed by atoms with van der Waals surface area (Å²) in [4.78, 5) is 4.03. The van der Waals surface area contributed by atoms with Crippen molar-refractivity contribution in [3.05, 3.63) is 23.9 Å². The van der Waals surface area contributed by atoms with E-state index < -0.39 is 0 Å². The maximum absolute atomic E-state index is 5.49. The maximum Gasteiger partial charge on any atom is 0.114 e. The molecule has 9 heavy (non-hydrogen) atoms. The van der Waals surface area contributed by atoms with Crippen LogP contribution < -0.4 is 0 Å². The topological polar surface area (TPSA) is 12.9 Å². The number of aryl methyl sites for hydroxylation is 1. The minimum Gasteiger partial charge on any atom is -0.248 e. The molecule has 0 amide bonds. The van der Waals surface area contributed by atoms with Gasteiger partial charge in [0.2, 0.25) is 0 Å². The molecule has 1 rings (SSSR count). The van der Waals surface area contributed by atoms with Gasteiger partial charge in [-0.15, -0.1) is 0 Å². The lowest BCUT2D eigenvalue weighted by atomic mass is 10.3. The van der Waals surface area contributed by atoms with Crippen molar-refractivity contribution >= 4 is 21.7 Å². The summed E-state index contributed by atoms with van der Waals surface area (Å²) in [6, 6.07) is 3.88. The van der Waals surface area contributed by atoms with E-state index in [0.717, 1.165) is 21.6 Å². The molecule has 1 aromatic rings. The van der Waals surface area contributed by atoms with Crippen LogP contribution in [0.25, 0.3) is 0 Å². The zero-order chi connectivity index (χ0) is 6.69. The van der Waals surface area contributed by atoms with Crippen molar-refractivity contribution in [2.45, 2.75) is 11.9 Å². The van der Waals surface area contributed by atoms with Crippen LogP contribution in [0.4, 0.5) is 0 Å². The van der Waals surface area contributed by atoms with Gasteiger partial charge in [-0.1, -0.05) is 6.07 Å². The Morgan fingerprint density at radius 3 is 2.89 bits per heavy atom. The number of nitrogens with zero attached hydrogens (tertiary/aromatic N) is 1. The van der Waals surface area contributed by atoms with Crippen molar-refractivity contribution in [2.24, 2.45) is 0 Å². The number of halogens is 1. The van der Waals surface area contributed by atoms with Crippen LogP contribution in [-0.2, 0) is 0 Å². The van der Waals surface area contributed by atoms with E-state index in [-0.39, 0.29) is 0 Å². The lowest BCUT2D eigenvalue weighted by Gasteiger charge is -1.94. The first-order valence-corrected chi connectivity index (χ1v) is 4.19. The fourth-order valence-corrected chi connectivity index (χ4v) is 1.33. The van der Waals surface area contributed by atoms with Crippen molar-refractivity contribution < 1.29 is 0 Å². The summed E-state index contributed by atoms with van der Waals surface area (Å²) >= 11 is 0. The molecule has 0 bridgehead atoms.